The van der Waals surface area contributed by atoms with Crippen LogP contribution in [0.3, 0.4) is 0 Å². The summed E-state index contributed by atoms with van der Waals surface area (Å²) in [6, 6.07) is 11.3. The van der Waals surface area contributed by atoms with Gasteiger partial charge >= 0.3 is 5.92 Å². The number of nitrogens with one attached hydrogen (secondary N) is 1. The molecule has 2 aromatic carbocycles. The maximum Gasteiger partial charge on any atom is 0.306 e. The Morgan fingerprint density at radius 1 is 1.10 bits per heavy atom. The van der Waals surface area contributed by atoms with Crippen molar-refractivity contribution in [3.8, 4) is 5.75 Å². The predicted molar refractivity (Wildman–Crippen MR) is 75.0 cm³/mol. The molecule has 0 saturated carbocycles. The zero-order valence-electron chi connectivity index (χ0n) is 11.6. The lowest BCUT2D eigenvalue weighted by Gasteiger charge is -2.19. The van der Waals surface area contributed by atoms with Crippen molar-refractivity contribution >= 4 is 0 Å². The van der Waals surface area contributed by atoms with Crippen molar-refractivity contribution in [2.75, 3.05) is 13.7 Å². The summed E-state index contributed by atoms with van der Waals surface area (Å²) in [4.78, 5) is 0. The van der Waals surface area contributed by atoms with Crippen LogP contribution in [0, 0.1) is 5.82 Å². The van der Waals surface area contributed by atoms with Crippen LogP contribution < -0.4 is 10.1 Å². The van der Waals surface area contributed by atoms with Crippen LogP contribution in [-0.4, -0.2) is 13.7 Å². The van der Waals surface area contributed by atoms with Gasteiger partial charge in [-0.2, -0.15) is 8.78 Å². The first-order valence-corrected chi connectivity index (χ1v) is 6.52. The Morgan fingerprint density at radius 3 is 2.48 bits per heavy atom. The van der Waals surface area contributed by atoms with Crippen LogP contribution in [0.15, 0.2) is 48.5 Å². The molecular weight excluding hydrogens is 279 g/mol. The highest BCUT2D eigenvalue weighted by atomic mass is 19.3. The smallest absolute Gasteiger partial charge is 0.306 e. The number of alkyl halides is 2. The molecule has 21 heavy (non-hydrogen) atoms. The van der Waals surface area contributed by atoms with Gasteiger partial charge in [-0.15, -0.1) is 0 Å². The first kappa shape index (κ1) is 15.4. The molecule has 0 spiro atoms. The number of hydrogen-bond acceptors (Lipinski definition) is 2. The predicted octanol–water partition coefficient (Wildman–Crippen LogP) is 3.72. The van der Waals surface area contributed by atoms with Gasteiger partial charge < -0.3 is 10.1 Å². The van der Waals surface area contributed by atoms with Crippen molar-refractivity contribution in [2.24, 2.45) is 0 Å². The van der Waals surface area contributed by atoms with E-state index in [9.17, 15) is 13.2 Å². The van der Waals surface area contributed by atoms with Gasteiger partial charge in [0.1, 0.15) is 11.6 Å². The summed E-state index contributed by atoms with van der Waals surface area (Å²) in [5.74, 6) is -3.28. The number of rotatable bonds is 6. The average molecular weight is 295 g/mol. The zero-order valence-corrected chi connectivity index (χ0v) is 11.6. The third-order valence-electron chi connectivity index (χ3n) is 2.99. The van der Waals surface area contributed by atoms with E-state index in [-0.39, 0.29) is 11.3 Å². The highest BCUT2D eigenvalue weighted by Gasteiger charge is 2.32. The van der Waals surface area contributed by atoms with Gasteiger partial charge in [0.05, 0.1) is 0 Å². The molecule has 2 rings (SSSR count). The van der Waals surface area contributed by atoms with Gasteiger partial charge in [-0.25, -0.2) is 4.39 Å². The molecule has 0 radical (unpaired) electrons. The van der Waals surface area contributed by atoms with Gasteiger partial charge in [0.25, 0.3) is 0 Å². The summed E-state index contributed by atoms with van der Waals surface area (Å²) < 4.78 is 46.4. The standard InChI is InChI=1S/C16H16F3NO/c1-20-10-12-9-14(17)7-8-15(12)21-11-16(18,19)13-5-3-2-4-6-13/h2-9,20H,10-11H2,1H3. The SMILES string of the molecule is CNCc1cc(F)ccc1OCC(F)(F)c1ccccc1. The average Bonchev–Trinajstić information content (AvgIpc) is 2.48. The molecule has 0 unspecified atom stereocenters. The minimum atomic E-state index is -3.10. The lowest BCUT2D eigenvalue weighted by atomic mass is 10.1. The van der Waals surface area contributed by atoms with E-state index in [1.807, 2.05) is 0 Å². The Labute approximate surface area is 121 Å². The van der Waals surface area contributed by atoms with Crippen LogP contribution in [0.5, 0.6) is 5.75 Å². The highest BCUT2D eigenvalue weighted by Crippen LogP contribution is 2.29. The second-order valence-electron chi connectivity index (χ2n) is 4.64. The molecule has 5 heteroatoms. The van der Waals surface area contributed by atoms with Crippen molar-refractivity contribution in [2.45, 2.75) is 12.5 Å². The quantitative estimate of drug-likeness (QED) is 0.877. The molecule has 0 aliphatic rings. The lowest BCUT2D eigenvalue weighted by molar-refractivity contribution is -0.0469. The van der Waals surface area contributed by atoms with E-state index in [4.69, 9.17) is 4.74 Å². The second kappa shape index (κ2) is 6.63. The summed E-state index contributed by atoms with van der Waals surface area (Å²) >= 11 is 0. The monoisotopic (exact) mass is 295 g/mol. The fourth-order valence-corrected chi connectivity index (χ4v) is 1.95. The van der Waals surface area contributed by atoms with Crippen molar-refractivity contribution < 1.29 is 17.9 Å². The molecule has 0 amide bonds. The summed E-state index contributed by atoms with van der Waals surface area (Å²) in [6.45, 7) is -0.455. The molecule has 0 aromatic heterocycles. The molecule has 0 atom stereocenters. The molecule has 2 nitrogen and oxygen atoms in total. The highest BCUT2D eigenvalue weighted by molar-refractivity contribution is 5.34. The van der Waals surface area contributed by atoms with E-state index in [1.165, 1.54) is 30.3 Å². The van der Waals surface area contributed by atoms with E-state index in [2.05, 4.69) is 5.32 Å². The zero-order chi connectivity index (χ0) is 15.3. The largest absolute Gasteiger partial charge is 0.487 e. The third-order valence-corrected chi connectivity index (χ3v) is 2.99. The van der Waals surface area contributed by atoms with Gasteiger partial charge in [-0.05, 0) is 25.2 Å². The lowest BCUT2D eigenvalue weighted by Crippen LogP contribution is -2.23. The van der Waals surface area contributed by atoms with E-state index in [0.717, 1.165) is 0 Å². The molecule has 0 fully saturated rings. The Morgan fingerprint density at radius 2 is 1.81 bits per heavy atom. The second-order valence-corrected chi connectivity index (χ2v) is 4.64. The number of benzene rings is 2. The number of hydrogen-bond donors (Lipinski definition) is 1. The maximum atomic E-state index is 14.0. The van der Waals surface area contributed by atoms with Gasteiger partial charge in [-0.3, -0.25) is 0 Å². The van der Waals surface area contributed by atoms with Crippen molar-refractivity contribution in [1.29, 1.82) is 0 Å². The Kier molecular flexibility index (Phi) is 4.85. The van der Waals surface area contributed by atoms with Crippen LogP contribution in [-0.2, 0) is 12.5 Å². The van der Waals surface area contributed by atoms with Crippen LogP contribution in [0.2, 0.25) is 0 Å². The molecule has 0 aliphatic carbocycles. The van der Waals surface area contributed by atoms with E-state index in [1.54, 1.807) is 25.2 Å². The van der Waals surface area contributed by atoms with Gasteiger partial charge in [-0.1, -0.05) is 30.3 Å². The molecule has 0 bridgehead atoms. The first-order chi connectivity index (χ1) is 10.0. The van der Waals surface area contributed by atoms with Crippen molar-refractivity contribution in [1.82, 2.24) is 5.32 Å². The summed E-state index contributed by atoms with van der Waals surface area (Å²) in [7, 11) is 1.69. The van der Waals surface area contributed by atoms with E-state index < -0.39 is 18.3 Å². The van der Waals surface area contributed by atoms with Crippen molar-refractivity contribution in [3.05, 3.63) is 65.5 Å². The van der Waals surface area contributed by atoms with Crippen LogP contribution in [0.25, 0.3) is 0 Å². The Hall–Kier alpha value is -2.01. The Balaban J connectivity index is 2.12. The molecule has 0 aliphatic heterocycles. The van der Waals surface area contributed by atoms with Crippen molar-refractivity contribution in [3.63, 3.8) is 0 Å². The van der Waals surface area contributed by atoms with Crippen LogP contribution in [0.1, 0.15) is 11.1 Å². The Bertz CT molecular complexity index is 587. The maximum absolute atomic E-state index is 14.0. The summed E-state index contributed by atoms with van der Waals surface area (Å²) in [6.07, 6.45) is 0. The van der Waals surface area contributed by atoms with Gasteiger partial charge in [0, 0.05) is 17.7 Å². The summed E-state index contributed by atoms with van der Waals surface area (Å²) in [5.41, 5.74) is 0.392. The van der Waals surface area contributed by atoms with Gasteiger partial charge in [0.2, 0.25) is 0 Å². The van der Waals surface area contributed by atoms with E-state index in [0.29, 0.717) is 12.1 Å². The minimum Gasteiger partial charge on any atom is -0.487 e. The molecule has 1 N–H and O–H groups in total. The molecular formula is C16H16F3NO. The normalized spacial score (nSPS) is 11.4. The topological polar surface area (TPSA) is 21.3 Å². The summed E-state index contributed by atoms with van der Waals surface area (Å²) in [5, 5.41) is 2.85. The fraction of sp³-hybridized carbons (Fsp3) is 0.250. The third kappa shape index (κ3) is 3.98. The van der Waals surface area contributed by atoms with E-state index >= 15 is 0 Å². The molecule has 0 saturated heterocycles. The number of halogens is 3. The van der Waals surface area contributed by atoms with Gasteiger partial charge in [0.15, 0.2) is 6.61 Å². The minimum absolute atomic E-state index is 0.109. The molecule has 112 valence electrons. The fourth-order valence-electron chi connectivity index (χ4n) is 1.95. The molecule has 0 heterocycles. The first-order valence-electron chi connectivity index (χ1n) is 6.52. The van der Waals surface area contributed by atoms with Crippen LogP contribution in [0.4, 0.5) is 13.2 Å². The number of ether oxygens (including phenoxy) is 1. The van der Waals surface area contributed by atoms with Crippen LogP contribution >= 0.6 is 0 Å². The molecule has 2 aromatic rings.